The molecule has 0 saturated carbocycles. The van der Waals surface area contributed by atoms with Crippen molar-refractivity contribution >= 4 is 10.9 Å². The molecule has 0 aliphatic heterocycles. The van der Waals surface area contributed by atoms with Crippen LogP contribution in [0.25, 0.3) is 10.9 Å². The molecule has 1 aromatic carbocycles. The van der Waals surface area contributed by atoms with Crippen LogP contribution in [0.3, 0.4) is 0 Å². The van der Waals surface area contributed by atoms with Crippen LogP contribution in [0.15, 0.2) is 24.3 Å². The zero-order valence-corrected chi connectivity index (χ0v) is 7.44. The third-order valence-corrected chi connectivity index (χ3v) is 2.11. The Hall–Kier alpha value is -1.86. The molecule has 14 heavy (non-hydrogen) atoms. The summed E-state index contributed by atoms with van der Waals surface area (Å²) in [6.07, 6.45) is -0.709. The van der Waals surface area contributed by atoms with E-state index in [-0.39, 0.29) is 6.42 Å². The molecule has 4 nitrogen and oxygen atoms in total. The molecule has 0 spiro atoms. The third kappa shape index (κ3) is 1.34. The van der Waals surface area contributed by atoms with Gasteiger partial charge in [-0.15, -0.1) is 0 Å². The van der Waals surface area contributed by atoms with E-state index >= 15 is 0 Å². The van der Waals surface area contributed by atoms with Crippen LogP contribution in [0.1, 0.15) is 18.2 Å². The van der Waals surface area contributed by atoms with E-state index in [4.69, 9.17) is 5.26 Å². The number of aliphatic hydroxyl groups is 1. The molecular weight excluding hydrogens is 178 g/mol. The lowest BCUT2D eigenvalue weighted by Gasteiger charge is -2.02. The summed E-state index contributed by atoms with van der Waals surface area (Å²) < 4.78 is 0. The Balaban J connectivity index is 2.48. The van der Waals surface area contributed by atoms with E-state index in [1.807, 2.05) is 30.3 Å². The van der Waals surface area contributed by atoms with Crippen LogP contribution >= 0.6 is 0 Å². The Kier molecular flexibility index (Phi) is 2.17. The largest absolute Gasteiger partial charge is 0.386 e. The van der Waals surface area contributed by atoms with E-state index in [9.17, 15) is 5.11 Å². The summed E-state index contributed by atoms with van der Waals surface area (Å²) in [7, 11) is 0. The number of nitrogens with zero attached hydrogens (tertiary/aromatic N) is 2. The van der Waals surface area contributed by atoms with E-state index < -0.39 is 6.10 Å². The summed E-state index contributed by atoms with van der Waals surface area (Å²) in [6.45, 7) is 0. The van der Waals surface area contributed by atoms with Gasteiger partial charge in [0.2, 0.25) is 0 Å². The molecule has 0 aliphatic rings. The topological polar surface area (TPSA) is 72.7 Å². The first-order chi connectivity index (χ1) is 6.83. The number of benzene rings is 1. The van der Waals surface area contributed by atoms with Crippen molar-refractivity contribution < 1.29 is 5.11 Å². The minimum absolute atomic E-state index is 0.0756. The quantitative estimate of drug-likeness (QED) is 0.748. The Labute approximate surface area is 80.8 Å². The van der Waals surface area contributed by atoms with Gasteiger partial charge in [-0.1, -0.05) is 18.2 Å². The molecule has 0 bridgehead atoms. The molecule has 0 fully saturated rings. The van der Waals surface area contributed by atoms with Gasteiger partial charge in [-0.25, -0.2) is 0 Å². The molecule has 2 N–H and O–H groups in total. The van der Waals surface area contributed by atoms with Gasteiger partial charge in [0.05, 0.1) is 23.7 Å². The number of fused-ring (bicyclic) bond motifs is 1. The van der Waals surface area contributed by atoms with E-state index in [0.29, 0.717) is 5.69 Å². The number of nitrogens with one attached hydrogen (secondary N) is 1. The molecule has 1 heterocycles. The highest BCUT2D eigenvalue weighted by Gasteiger charge is 2.12. The minimum atomic E-state index is -0.785. The predicted octanol–water partition coefficient (Wildman–Crippen LogP) is 1.51. The number of H-pyrrole nitrogens is 1. The maximum Gasteiger partial charge on any atom is 0.109 e. The molecule has 1 unspecified atom stereocenters. The molecule has 2 aromatic rings. The second-order valence-corrected chi connectivity index (χ2v) is 3.03. The van der Waals surface area contributed by atoms with Crippen molar-refractivity contribution in [2.24, 2.45) is 0 Å². The SMILES string of the molecule is N#CCC(O)c1[nH]nc2ccccc12. The summed E-state index contributed by atoms with van der Waals surface area (Å²) in [6, 6.07) is 9.40. The van der Waals surface area contributed by atoms with Crippen LogP contribution < -0.4 is 0 Å². The van der Waals surface area contributed by atoms with Crippen LogP contribution in [-0.4, -0.2) is 15.3 Å². The molecule has 1 aromatic heterocycles. The molecule has 0 aliphatic carbocycles. The van der Waals surface area contributed by atoms with Gasteiger partial charge in [-0.3, -0.25) is 5.10 Å². The van der Waals surface area contributed by atoms with Gasteiger partial charge >= 0.3 is 0 Å². The number of nitriles is 1. The van der Waals surface area contributed by atoms with E-state index in [0.717, 1.165) is 10.9 Å². The van der Waals surface area contributed by atoms with Crippen LogP contribution in [0.2, 0.25) is 0 Å². The summed E-state index contributed by atoms with van der Waals surface area (Å²) >= 11 is 0. The van der Waals surface area contributed by atoms with Gasteiger partial charge < -0.3 is 5.11 Å². The van der Waals surface area contributed by atoms with E-state index in [2.05, 4.69) is 10.2 Å². The third-order valence-electron chi connectivity index (χ3n) is 2.11. The lowest BCUT2D eigenvalue weighted by atomic mass is 10.1. The number of hydrogen-bond donors (Lipinski definition) is 2. The first kappa shape index (κ1) is 8.73. The van der Waals surface area contributed by atoms with Crippen LogP contribution in [0.5, 0.6) is 0 Å². The van der Waals surface area contributed by atoms with Crippen molar-refractivity contribution in [3.63, 3.8) is 0 Å². The van der Waals surface area contributed by atoms with Gasteiger partial charge in [0.1, 0.15) is 6.10 Å². The van der Waals surface area contributed by atoms with Crippen molar-refractivity contribution in [2.75, 3.05) is 0 Å². The first-order valence-electron chi connectivity index (χ1n) is 4.31. The molecule has 0 radical (unpaired) electrons. The fourth-order valence-corrected chi connectivity index (χ4v) is 1.42. The molecule has 2 rings (SSSR count). The lowest BCUT2D eigenvalue weighted by molar-refractivity contribution is 0.180. The number of aliphatic hydroxyl groups excluding tert-OH is 1. The van der Waals surface area contributed by atoms with Gasteiger partial charge in [-0.2, -0.15) is 10.4 Å². The number of rotatable bonds is 2. The average molecular weight is 187 g/mol. The molecule has 0 amide bonds. The highest BCUT2D eigenvalue weighted by molar-refractivity contribution is 5.81. The van der Waals surface area contributed by atoms with Crippen molar-refractivity contribution in [1.82, 2.24) is 10.2 Å². The van der Waals surface area contributed by atoms with Gasteiger partial charge in [0.25, 0.3) is 0 Å². The fraction of sp³-hybridized carbons (Fsp3) is 0.200. The standard InChI is InChI=1S/C10H9N3O/c11-6-5-9(14)10-7-3-1-2-4-8(7)12-13-10/h1-4,9,14H,5H2,(H,12,13). The maximum atomic E-state index is 9.61. The number of hydrogen-bond acceptors (Lipinski definition) is 3. The van der Waals surface area contributed by atoms with Crippen LogP contribution in [-0.2, 0) is 0 Å². The van der Waals surface area contributed by atoms with Crippen molar-refractivity contribution in [1.29, 1.82) is 5.26 Å². The Morgan fingerprint density at radius 2 is 2.29 bits per heavy atom. The average Bonchev–Trinajstić information content (AvgIpc) is 2.61. The van der Waals surface area contributed by atoms with Crippen molar-refractivity contribution in [3.8, 4) is 6.07 Å². The monoisotopic (exact) mass is 187 g/mol. The Morgan fingerprint density at radius 1 is 1.50 bits per heavy atom. The number of aromatic amines is 1. The maximum absolute atomic E-state index is 9.61. The van der Waals surface area contributed by atoms with Gasteiger partial charge in [0.15, 0.2) is 0 Å². The van der Waals surface area contributed by atoms with Gasteiger partial charge in [0, 0.05) is 5.39 Å². The lowest BCUT2D eigenvalue weighted by Crippen LogP contribution is -1.96. The summed E-state index contributed by atoms with van der Waals surface area (Å²) in [5.41, 5.74) is 1.42. The fourth-order valence-electron chi connectivity index (χ4n) is 1.42. The number of para-hydroxylation sites is 1. The zero-order valence-electron chi connectivity index (χ0n) is 7.44. The molecular formula is C10H9N3O. The smallest absolute Gasteiger partial charge is 0.109 e. The molecule has 0 saturated heterocycles. The second kappa shape index (κ2) is 3.48. The summed E-state index contributed by atoms with van der Waals surface area (Å²) in [4.78, 5) is 0. The zero-order chi connectivity index (χ0) is 9.97. The Morgan fingerprint density at radius 3 is 3.07 bits per heavy atom. The van der Waals surface area contributed by atoms with Crippen LogP contribution in [0.4, 0.5) is 0 Å². The van der Waals surface area contributed by atoms with Gasteiger partial charge in [-0.05, 0) is 6.07 Å². The van der Waals surface area contributed by atoms with E-state index in [1.165, 1.54) is 0 Å². The van der Waals surface area contributed by atoms with Crippen molar-refractivity contribution in [3.05, 3.63) is 30.0 Å². The predicted molar refractivity (Wildman–Crippen MR) is 51.3 cm³/mol. The van der Waals surface area contributed by atoms with Crippen LogP contribution in [0, 0.1) is 11.3 Å². The molecule has 70 valence electrons. The summed E-state index contributed by atoms with van der Waals surface area (Å²) in [5.74, 6) is 0. The Bertz CT molecular complexity index is 483. The highest BCUT2D eigenvalue weighted by Crippen LogP contribution is 2.22. The molecule has 4 heteroatoms. The minimum Gasteiger partial charge on any atom is -0.386 e. The second-order valence-electron chi connectivity index (χ2n) is 3.03. The summed E-state index contributed by atoms with van der Waals surface area (Å²) in [5, 5.41) is 25.7. The first-order valence-corrected chi connectivity index (χ1v) is 4.31. The normalized spacial score (nSPS) is 12.6. The highest BCUT2D eigenvalue weighted by atomic mass is 16.3. The number of aromatic nitrogens is 2. The van der Waals surface area contributed by atoms with Crippen molar-refractivity contribution in [2.45, 2.75) is 12.5 Å². The molecule has 1 atom stereocenters. The van der Waals surface area contributed by atoms with E-state index in [1.54, 1.807) is 0 Å².